The molecule has 0 saturated carbocycles. The van der Waals surface area contributed by atoms with Gasteiger partial charge in [-0.05, 0) is 23.8 Å². The molecule has 2 aromatic rings. The largest absolute Gasteiger partial charge is 0.507 e. The number of hydrogen-bond acceptors (Lipinski definition) is 1. The van der Waals surface area contributed by atoms with Gasteiger partial charge in [-0.2, -0.15) is 0 Å². The van der Waals surface area contributed by atoms with E-state index in [9.17, 15) is 5.11 Å². The summed E-state index contributed by atoms with van der Waals surface area (Å²) in [7, 11) is 5.81. The molecular weight excluding hydrogens is 230 g/mol. The third kappa shape index (κ3) is 2.92. The van der Waals surface area contributed by atoms with Crippen LogP contribution in [0.1, 0.15) is 11.1 Å². The Morgan fingerprint density at radius 1 is 1.00 bits per heavy atom. The van der Waals surface area contributed by atoms with Gasteiger partial charge in [0.15, 0.2) is 0 Å². The van der Waals surface area contributed by atoms with E-state index in [1.807, 2.05) is 30.3 Å². The monoisotopic (exact) mass is 240 g/mol. The Hall–Kier alpha value is -1.67. The van der Waals surface area contributed by atoms with Crippen LogP contribution in [-0.4, -0.2) is 13.0 Å². The maximum Gasteiger partial charge on any atom is 0.122 e. The summed E-state index contributed by atoms with van der Waals surface area (Å²) < 4.78 is 0. The summed E-state index contributed by atoms with van der Waals surface area (Å²) in [5.41, 5.74) is 2.28. The Kier molecular flexibility index (Phi) is 3.55. The molecule has 2 aromatic carbocycles. The minimum Gasteiger partial charge on any atom is -0.507 e. The summed E-state index contributed by atoms with van der Waals surface area (Å²) in [6.07, 6.45) is 3.63. The van der Waals surface area contributed by atoms with Crippen LogP contribution in [0.3, 0.4) is 0 Å². The van der Waals surface area contributed by atoms with E-state index in [4.69, 9.17) is 19.4 Å². The first-order valence-corrected chi connectivity index (χ1v) is 5.56. The van der Waals surface area contributed by atoms with Crippen LogP contribution in [0, 0.1) is 0 Å². The molecule has 0 atom stereocenters. The van der Waals surface area contributed by atoms with Gasteiger partial charge in [-0.3, -0.25) is 0 Å². The van der Waals surface area contributed by atoms with Gasteiger partial charge in [0.05, 0.1) is 0 Å². The number of phenolic OH excluding ortho intramolecular Hbond substituents is 1. The zero-order chi connectivity index (χ0) is 12.3. The average Bonchev–Trinajstić information content (AvgIpc) is 2.32. The predicted molar refractivity (Wildman–Crippen MR) is 73.9 cm³/mol. The zero-order valence-electron chi connectivity index (χ0n) is 9.10. The van der Waals surface area contributed by atoms with Gasteiger partial charge < -0.3 is 5.11 Å². The molecular formula is C14H10BClO. The number of phenols is 1. The van der Waals surface area contributed by atoms with E-state index >= 15 is 0 Å². The summed E-state index contributed by atoms with van der Waals surface area (Å²) in [5, 5.41) is 10.2. The molecule has 0 aromatic heterocycles. The molecule has 2 rings (SSSR count). The van der Waals surface area contributed by atoms with Crippen molar-refractivity contribution in [1.29, 1.82) is 0 Å². The summed E-state index contributed by atoms with van der Waals surface area (Å²) in [6.45, 7) is 0. The van der Waals surface area contributed by atoms with Crippen LogP contribution >= 0.6 is 11.6 Å². The summed E-state index contributed by atoms with van der Waals surface area (Å²) in [4.78, 5) is 0. The fourth-order valence-corrected chi connectivity index (χ4v) is 1.68. The SMILES string of the molecule is [B]c1ccccc1/C=C/c1cc(Cl)ccc1O. The second-order valence-electron chi connectivity index (χ2n) is 3.67. The van der Waals surface area contributed by atoms with Crippen LogP contribution < -0.4 is 5.46 Å². The third-order valence-electron chi connectivity index (χ3n) is 2.43. The summed E-state index contributed by atoms with van der Waals surface area (Å²) in [5.74, 6) is 0.195. The van der Waals surface area contributed by atoms with Crippen molar-refractivity contribution in [1.82, 2.24) is 0 Å². The van der Waals surface area contributed by atoms with Gasteiger partial charge in [0.1, 0.15) is 13.6 Å². The molecule has 0 aliphatic rings. The Balaban J connectivity index is 2.32. The minimum absolute atomic E-state index is 0.195. The van der Waals surface area contributed by atoms with Crippen LogP contribution in [-0.2, 0) is 0 Å². The standard InChI is InChI=1S/C14H10BClO/c15-13-4-2-1-3-10(13)5-6-11-9-12(16)7-8-14(11)17/h1-9,17H/b6-5+. The van der Waals surface area contributed by atoms with Crippen molar-refractivity contribution in [3.8, 4) is 5.75 Å². The molecule has 0 saturated heterocycles. The lowest BCUT2D eigenvalue weighted by molar-refractivity contribution is 0.474. The number of hydrogen-bond donors (Lipinski definition) is 1. The van der Waals surface area contributed by atoms with E-state index in [2.05, 4.69) is 0 Å². The predicted octanol–water partition coefficient (Wildman–Crippen LogP) is 3.01. The van der Waals surface area contributed by atoms with Gasteiger partial charge in [0.2, 0.25) is 0 Å². The van der Waals surface area contributed by atoms with E-state index in [1.165, 1.54) is 0 Å². The van der Waals surface area contributed by atoms with Crippen molar-refractivity contribution in [2.45, 2.75) is 0 Å². The van der Waals surface area contributed by atoms with E-state index in [-0.39, 0.29) is 5.75 Å². The molecule has 0 unspecified atom stereocenters. The van der Waals surface area contributed by atoms with E-state index in [1.54, 1.807) is 24.3 Å². The molecule has 0 heterocycles. The molecule has 17 heavy (non-hydrogen) atoms. The van der Waals surface area contributed by atoms with Gasteiger partial charge >= 0.3 is 0 Å². The molecule has 0 aliphatic heterocycles. The zero-order valence-corrected chi connectivity index (χ0v) is 9.85. The second-order valence-corrected chi connectivity index (χ2v) is 4.10. The normalized spacial score (nSPS) is 10.9. The fraction of sp³-hybridized carbons (Fsp3) is 0. The van der Waals surface area contributed by atoms with Gasteiger partial charge in [-0.1, -0.05) is 53.5 Å². The second kappa shape index (κ2) is 5.11. The first-order chi connectivity index (χ1) is 8.16. The third-order valence-corrected chi connectivity index (χ3v) is 2.66. The lowest BCUT2D eigenvalue weighted by Gasteiger charge is -2.01. The molecule has 2 radical (unpaired) electrons. The van der Waals surface area contributed by atoms with Crippen LogP contribution in [0.4, 0.5) is 0 Å². The van der Waals surface area contributed by atoms with Gasteiger partial charge in [-0.25, -0.2) is 0 Å². The van der Waals surface area contributed by atoms with Crippen LogP contribution in [0.25, 0.3) is 12.2 Å². The lowest BCUT2D eigenvalue weighted by Crippen LogP contribution is -2.04. The summed E-state index contributed by atoms with van der Waals surface area (Å²) in [6, 6.07) is 12.4. The van der Waals surface area contributed by atoms with E-state index < -0.39 is 0 Å². The molecule has 1 nitrogen and oxygen atoms in total. The molecule has 0 spiro atoms. The minimum atomic E-state index is 0.195. The first-order valence-electron chi connectivity index (χ1n) is 5.18. The Bertz CT molecular complexity index is 564. The van der Waals surface area contributed by atoms with E-state index in [0.717, 1.165) is 5.56 Å². The van der Waals surface area contributed by atoms with Crippen LogP contribution in [0.2, 0.25) is 5.02 Å². The van der Waals surface area contributed by atoms with Gasteiger partial charge in [0, 0.05) is 10.6 Å². The first kappa shape index (κ1) is 11.8. The van der Waals surface area contributed by atoms with Gasteiger partial charge in [-0.15, -0.1) is 0 Å². The molecule has 3 heteroatoms. The Morgan fingerprint density at radius 3 is 2.47 bits per heavy atom. The molecule has 0 fully saturated rings. The number of aromatic hydroxyl groups is 1. The maximum absolute atomic E-state index is 9.64. The number of benzene rings is 2. The molecule has 0 bridgehead atoms. The molecule has 0 aliphatic carbocycles. The highest BCUT2D eigenvalue weighted by molar-refractivity contribution is 6.34. The average molecular weight is 240 g/mol. The number of rotatable bonds is 2. The Morgan fingerprint density at radius 2 is 1.71 bits per heavy atom. The maximum atomic E-state index is 9.64. The topological polar surface area (TPSA) is 20.2 Å². The van der Waals surface area contributed by atoms with Crippen molar-refractivity contribution in [3.63, 3.8) is 0 Å². The highest BCUT2D eigenvalue weighted by Crippen LogP contribution is 2.23. The fourth-order valence-electron chi connectivity index (χ4n) is 1.50. The highest BCUT2D eigenvalue weighted by atomic mass is 35.5. The van der Waals surface area contributed by atoms with E-state index in [0.29, 0.717) is 16.0 Å². The van der Waals surface area contributed by atoms with Gasteiger partial charge in [0.25, 0.3) is 0 Å². The Labute approximate surface area is 107 Å². The lowest BCUT2D eigenvalue weighted by atomic mass is 9.90. The van der Waals surface area contributed by atoms with Crippen LogP contribution in [0.15, 0.2) is 42.5 Å². The van der Waals surface area contributed by atoms with Crippen molar-refractivity contribution in [2.24, 2.45) is 0 Å². The van der Waals surface area contributed by atoms with Crippen molar-refractivity contribution in [2.75, 3.05) is 0 Å². The highest BCUT2D eigenvalue weighted by Gasteiger charge is 1.98. The smallest absolute Gasteiger partial charge is 0.122 e. The molecule has 1 N–H and O–H groups in total. The van der Waals surface area contributed by atoms with Crippen molar-refractivity contribution >= 4 is 37.1 Å². The number of halogens is 1. The molecule has 0 amide bonds. The van der Waals surface area contributed by atoms with Crippen molar-refractivity contribution < 1.29 is 5.11 Å². The molecule has 82 valence electrons. The van der Waals surface area contributed by atoms with Crippen molar-refractivity contribution in [3.05, 3.63) is 58.6 Å². The summed E-state index contributed by atoms with van der Waals surface area (Å²) >= 11 is 5.86. The quantitative estimate of drug-likeness (QED) is 0.632. The van der Waals surface area contributed by atoms with Crippen LogP contribution in [0.5, 0.6) is 5.75 Å².